The van der Waals surface area contributed by atoms with E-state index in [-0.39, 0.29) is 11.8 Å². The molecule has 1 aromatic carbocycles. The van der Waals surface area contributed by atoms with E-state index >= 15 is 0 Å². The van der Waals surface area contributed by atoms with E-state index in [9.17, 15) is 4.79 Å². The summed E-state index contributed by atoms with van der Waals surface area (Å²) < 4.78 is 0. The fraction of sp³-hybridized carbons (Fsp3) is 0.562. The molecule has 1 atom stereocenters. The summed E-state index contributed by atoms with van der Waals surface area (Å²) in [6, 6.07) is 8.03. The molecule has 0 aliphatic heterocycles. The Hall–Kier alpha value is -1.02. The molecule has 0 fully saturated rings. The Morgan fingerprint density at radius 1 is 1.32 bits per heavy atom. The van der Waals surface area contributed by atoms with Crippen LogP contribution in [0.2, 0.25) is 0 Å². The van der Waals surface area contributed by atoms with Crippen molar-refractivity contribution in [2.45, 2.75) is 52.0 Å². The number of hydrogen-bond donors (Lipinski definition) is 1. The second kappa shape index (κ2) is 8.98. The zero-order chi connectivity index (χ0) is 14.1. The minimum Gasteiger partial charge on any atom is -0.352 e. The van der Waals surface area contributed by atoms with E-state index in [4.69, 9.17) is 11.6 Å². The van der Waals surface area contributed by atoms with Gasteiger partial charge in [-0.1, -0.05) is 51.0 Å². The molecule has 3 heteroatoms. The van der Waals surface area contributed by atoms with Crippen LogP contribution in [0.4, 0.5) is 0 Å². The molecule has 0 bridgehead atoms. The lowest BCUT2D eigenvalue weighted by molar-refractivity contribution is -0.125. The van der Waals surface area contributed by atoms with Gasteiger partial charge >= 0.3 is 0 Å². The lowest BCUT2D eigenvalue weighted by Crippen LogP contribution is -2.30. The van der Waals surface area contributed by atoms with Crippen molar-refractivity contribution in [2.24, 2.45) is 5.92 Å². The molecule has 106 valence electrons. The van der Waals surface area contributed by atoms with E-state index in [2.05, 4.69) is 19.2 Å². The van der Waals surface area contributed by atoms with Gasteiger partial charge in [0.2, 0.25) is 5.91 Å². The van der Waals surface area contributed by atoms with Gasteiger partial charge in [0.25, 0.3) is 0 Å². The van der Waals surface area contributed by atoms with Crippen molar-refractivity contribution in [1.82, 2.24) is 5.32 Å². The molecule has 0 aliphatic rings. The van der Waals surface area contributed by atoms with Crippen molar-refractivity contribution in [3.05, 3.63) is 35.4 Å². The van der Waals surface area contributed by atoms with Gasteiger partial charge in [-0.2, -0.15) is 0 Å². The Balaban J connectivity index is 2.47. The van der Waals surface area contributed by atoms with Crippen LogP contribution in [-0.4, -0.2) is 5.91 Å². The Kier molecular flexibility index (Phi) is 7.57. The van der Waals surface area contributed by atoms with Gasteiger partial charge in [-0.05, 0) is 24.0 Å². The first-order valence-corrected chi connectivity index (χ1v) is 7.66. The molecule has 1 aromatic rings. The first kappa shape index (κ1) is 16.0. The summed E-state index contributed by atoms with van der Waals surface area (Å²) >= 11 is 5.80. The third-order valence-corrected chi connectivity index (χ3v) is 3.69. The molecule has 0 spiro atoms. The highest BCUT2D eigenvalue weighted by Gasteiger charge is 2.15. The smallest absolute Gasteiger partial charge is 0.223 e. The van der Waals surface area contributed by atoms with Gasteiger partial charge in [-0.25, -0.2) is 0 Å². The molecule has 0 saturated carbocycles. The van der Waals surface area contributed by atoms with Crippen LogP contribution >= 0.6 is 11.6 Å². The maximum Gasteiger partial charge on any atom is 0.223 e. The molecule has 1 amide bonds. The maximum atomic E-state index is 12.1. The Morgan fingerprint density at radius 3 is 2.68 bits per heavy atom. The number of unbranched alkanes of at least 4 members (excludes halogenated alkanes) is 1. The fourth-order valence-corrected chi connectivity index (χ4v) is 2.29. The Bertz CT molecular complexity index is 392. The molecule has 1 N–H and O–H groups in total. The molecular formula is C16H24ClNO. The van der Waals surface area contributed by atoms with Crippen molar-refractivity contribution >= 4 is 17.5 Å². The standard InChI is InChI=1S/C16H24ClNO/c1-3-5-9-15(4-2)16(19)18-12-14-8-6-7-13(10-14)11-17/h6-8,10,15H,3-5,9,11-12H2,1-2H3,(H,18,19). The van der Waals surface area contributed by atoms with Gasteiger partial charge in [0.1, 0.15) is 0 Å². The number of nitrogens with one attached hydrogen (secondary N) is 1. The van der Waals surface area contributed by atoms with Crippen LogP contribution in [0.25, 0.3) is 0 Å². The normalized spacial score (nSPS) is 12.2. The van der Waals surface area contributed by atoms with E-state index in [1.165, 1.54) is 0 Å². The van der Waals surface area contributed by atoms with Crippen molar-refractivity contribution in [1.29, 1.82) is 0 Å². The third kappa shape index (κ3) is 5.65. The third-order valence-electron chi connectivity index (χ3n) is 3.38. The highest BCUT2D eigenvalue weighted by molar-refractivity contribution is 6.17. The van der Waals surface area contributed by atoms with Crippen molar-refractivity contribution < 1.29 is 4.79 Å². The summed E-state index contributed by atoms with van der Waals surface area (Å²) in [6.07, 6.45) is 4.16. The van der Waals surface area contributed by atoms with E-state index in [0.717, 1.165) is 36.8 Å². The van der Waals surface area contributed by atoms with Crippen LogP contribution < -0.4 is 5.32 Å². The van der Waals surface area contributed by atoms with Crippen LogP contribution in [0.5, 0.6) is 0 Å². The van der Waals surface area contributed by atoms with Crippen LogP contribution in [0, 0.1) is 5.92 Å². The summed E-state index contributed by atoms with van der Waals surface area (Å²) in [5.74, 6) is 0.832. The predicted octanol–water partition coefficient (Wildman–Crippen LogP) is 4.26. The average molecular weight is 282 g/mol. The SMILES string of the molecule is CCCCC(CC)C(=O)NCc1cccc(CCl)c1. The number of carbonyl (C=O) groups excluding carboxylic acids is 1. The summed E-state index contributed by atoms with van der Waals surface area (Å²) in [4.78, 5) is 12.1. The lowest BCUT2D eigenvalue weighted by atomic mass is 9.98. The van der Waals surface area contributed by atoms with Crippen molar-refractivity contribution in [3.63, 3.8) is 0 Å². The summed E-state index contributed by atoms with van der Waals surface area (Å²) in [6.45, 7) is 4.82. The molecule has 1 rings (SSSR count). The van der Waals surface area contributed by atoms with Crippen LogP contribution in [-0.2, 0) is 17.2 Å². The van der Waals surface area contributed by atoms with E-state index in [0.29, 0.717) is 12.4 Å². The largest absolute Gasteiger partial charge is 0.352 e. The molecular weight excluding hydrogens is 258 g/mol. The summed E-state index contributed by atoms with van der Waals surface area (Å²) in [5.41, 5.74) is 2.20. The number of carbonyl (C=O) groups is 1. The highest BCUT2D eigenvalue weighted by atomic mass is 35.5. The summed E-state index contributed by atoms with van der Waals surface area (Å²) in [5, 5.41) is 3.03. The lowest BCUT2D eigenvalue weighted by Gasteiger charge is -2.14. The van der Waals surface area contributed by atoms with E-state index < -0.39 is 0 Å². The molecule has 0 aromatic heterocycles. The van der Waals surface area contributed by atoms with Gasteiger partial charge in [-0.15, -0.1) is 11.6 Å². The Morgan fingerprint density at radius 2 is 2.05 bits per heavy atom. The molecule has 0 saturated heterocycles. The Labute approximate surface area is 121 Å². The number of rotatable bonds is 8. The van der Waals surface area contributed by atoms with E-state index in [1.807, 2.05) is 24.3 Å². The molecule has 2 nitrogen and oxygen atoms in total. The zero-order valence-electron chi connectivity index (χ0n) is 11.9. The number of amides is 1. The van der Waals surface area contributed by atoms with Crippen molar-refractivity contribution in [2.75, 3.05) is 0 Å². The molecule has 0 heterocycles. The van der Waals surface area contributed by atoms with Crippen molar-refractivity contribution in [3.8, 4) is 0 Å². The fourth-order valence-electron chi connectivity index (χ4n) is 2.13. The quantitative estimate of drug-likeness (QED) is 0.709. The van der Waals surface area contributed by atoms with Gasteiger partial charge < -0.3 is 5.32 Å². The zero-order valence-corrected chi connectivity index (χ0v) is 12.7. The van der Waals surface area contributed by atoms with Gasteiger partial charge in [0, 0.05) is 18.3 Å². The monoisotopic (exact) mass is 281 g/mol. The van der Waals surface area contributed by atoms with Crippen LogP contribution in [0.3, 0.4) is 0 Å². The van der Waals surface area contributed by atoms with Gasteiger partial charge in [0.05, 0.1) is 0 Å². The maximum absolute atomic E-state index is 12.1. The highest BCUT2D eigenvalue weighted by Crippen LogP contribution is 2.13. The number of benzene rings is 1. The number of hydrogen-bond acceptors (Lipinski definition) is 1. The van der Waals surface area contributed by atoms with Gasteiger partial charge in [-0.3, -0.25) is 4.79 Å². The molecule has 0 radical (unpaired) electrons. The number of alkyl halides is 1. The van der Waals surface area contributed by atoms with Crippen LogP contribution in [0.1, 0.15) is 50.7 Å². The topological polar surface area (TPSA) is 29.1 Å². The minimum absolute atomic E-state index is 0.149. The van der Waals surface area contributed by atoms with Crippen LogP contribution in [0.15, 0.2) is 24.3 Å². The van der Waals surface area contributed by atoms with Gasteiger partial charge in [0.15, 0.2) is 0 Å². The average Bonchev–Trinajstić information content (AvgIpc) is 2.46. The first-order chi connectivity index (χ1) is 9.21. The molecule has 19 heavy (non-hydrogen) atoms. The second-order valence-electron chi connectivity index (χ2n) is 4.92. The molecule has 1 unspecified atom stereocenters. The van der Waals surface area contributed by atoms with E-state index in [1.54, 1.807) is 0 Å². The second-order valence-corrected chi connectivity index (χ2v) is 5.19. The predicted molar refractivity (Wildman–Crippen MR) is 81.2 cm³/mol. The number of halogens is 1. The molecule has 0 aliphatic carbocycles. The first-order valence-electron chi connectivity index (χ1n) is 7.12. The summed E-state index contributed by atoms with van der Waals surface area (Å²) in [7, 11) is 0. The minimum atomic E-state index is 0.149.